The third kappa shape index (κ3) is 4.55. The van der Waals surface area contributed by atoms with Crippen molar-refractivity contribution in [2.24, 2.45) is 9.98 Å². The lowest BCUT2D eigenvalue weighted by atomic mass is 9.96. The van der Waals surface area contributed by atoms with Gasteiger partial charge in [-0.05, 0) is 32.1 Å². The zero-order valence-electron chi connectivity index (χ0n) is 11.9. The molecule has 1 aliphatic heterocycles. The first-order chi connectivity index (χ1) is 8.79. The highest BCUT2D eigenvalue weighted by Gasteiger charge is 2.23. The standard InChI is InChI=1S/C15H28N3/c1-18(11-6-3-7-12-18)13-10-16-14-17-15-8-4-2-5-9-15/h15H,2-13H2,1H3/q+1. The Morgan fingerprint density at radius 1 is 1.00 bits per heavy atom. The molecule has 0 bridgehead atoms. The molecule has 2 aliphatic rings. The fraction of sp³-hybridized carbons (Fsp3) is 0.933. The summed E-state index contributed by atoms with van der Waals surface area (Å²) in [5.41, 5.74) is 0. The molecule has 0 radical (unpaired) electrons. The van der Waals surface area contributed by atoms with Gasteiger partial charge in [-0.2, -0.15) is 0 Å². The lowest BCUT2D eigenvalue weighted by molar-refractivity contribution is -0.912. The maximum Gasteiger partial charge on any atom is 0.0991 e. The summed E-state index contributed by atoms with van der Waals surface area (Å²) in [4.78, 5) is 8.84. The summed E-state index contributed by atoms with van der Waals surface area (Å²) in [6.45, 7) is 4.71. The van der Waals surface area contributed by atoms with Crippen LogP contribution in [0.25, 0.3) is 0 Å². The smallest absolute Gasteiger partial charge is 0.0991 e. The van der Waals surface area contributed by atoms with Gasteiger partial charge >= 0.3 is 0 Å². The largest absolute Gasteiger partial charge is 0.324 e. The molecule has 0 atom stereocenters. The molecular formula is C15H28N3+. The van der Waals surface area contributed by atoms with Crippen LogP contribution >= 0.6 is 0 Å². The van der Waals surface area contributed by atoms with Gasteiger partial charge in [0.15, 0.2) is 0 Å². The Morgan fingerprint density at radius 2 is 1.67 bits per heavy atom. The van der Waals surface area contributed by atoms with Crippen LogP contribution in [0.15, 0.2) is 9.98 Å². The normalized spacial score (nSPS) is 24.3. The number of nitrogens with zero attached hydrogens (tertiary/aromatic N) is 3. The molecule has 0 aromatic carbocycles. The topological polar surface area (TPSA) is 24.7 Å². The van der Waals surface area contributed by atoms with Crippen molar-refractivity contribution in [2.45, 2.75) is 57.4 Å². The highest BCUT2D eigenvalue weighted by atomic mass is 15.3. The average Bonchev–Trinajstić information content (AvgIpc) is 2.40. The van der Waals surface area contributed by atoms with Crippen molar-refractivity contribution in [3.63, 3.8) is 0 Å². The maximum absolute atomic E-state index is 4.46. The number of rotatable bonds is 4. The highest BCUT2D eigenvalue weighted by Crippen LogP contribution is 2.19. The number of hydrogen-bond donors (Lipinski definition) is 0. The van der Waals surface area contributed by atoms with Gasteiger partial charge in [0.2, 0.25) is 0 Å². The van der Waals surface area contributed by atoms with Crippen molar-refractivity contribution in [3.05, 3.63) is 0 Å². The molecule has 0 N–H and O–H groups in total. The quantitative estimate of drug-likeness (QED) is 0.541. The first kappa shape index (κ1) is 13.8. The van der Waals surface area contributed by atoms with E-state index in [1.807, 2.05) is 0 Å². The van der Waals surface area contributed by atoms with Gasteiger partial charge in [-0.15, -0.1) is 0 Å². The molecule has 0 spiro atoms. The SMILES string of the molecule is C[N+]1(CCN=C=NC2CCCCC2)CCCCC1. The molecule has 1 saturated heterocycles. The zero-order chi connectivity index (χ0) is 12.7. The predicted octanol–water partition coefficient (Wildman–Crippen LogP) is 3.12. The summed E-state index contributed by atoms with van der Waals surface area (Å²) in [6, 6.07) is 3.47. The van der Waals surface area contributed by atoms with E-state index in [1.165, 1.54) is 68.9 Å². The second-order valence-electron chi connectivity index (χ2n) is 6.25. The second kappa shape index (κ2) is 7.06. The maximum atomic E-state index is 4.46. The van der Waals surface area contributed by atoms with E-state index in [-0.39, 0.29) is 0 Å². The summed E-state index contributed by atoms with van der Waals surface area (Å²) in [7, 11) is 2.37. The van der Waals surface area contributed by atoms with Crippen molar-refractivity contribution in [1.29, 1.82) is 0 Å². The van der Waals surface area contributed by atoms with E-state index in [4.69, 9.17) is 0 Å². The van der Waals surface area contributed by atoms with Crippen molar-refractivity contribution < 1.29 is 4.48 Å². The summed E-state index contributed by atoms with van der Waals surface area (Å²) in [5, 5.41) is 0. The average molecular weight is 250 g/mol. The Labute approximate surface area is 112 Å². The Balaban J connectivity index is 1.68. The van der Waals surface area contributed by atoms with Gasteiger partial charge in [-0.3, -0.25) is 0 Å². The lowest BCUT2D eigenvalue weighted by Crippen LogP contribution is -2.49. The number of hydrogen-bond acceptors (Lipinski definition) is 2. The second-order valence-corrected chi connectivity index (χ2v) is 6.25. The minimum Gasteiger partial charge on any atom is -0.324 e. The van der Waals surface area contributed by atoms with E-state index in [0.717, 1.165) is 13.1 Å². The molecule has 3 nitrogen and oxygen atoms in total. The molecule has 2 fully saturated rings. The van der Waals surface area contributed by atoms with Gasteiger partial charge in [0.1, 0.15) is 0 Å². The predicted molar refractivity (Wildman–Crippen MR) is 76.2 cm³/mol. The van der Waals surface area contributed by atoms with Crippen LogP contribution in [0, 0.1) is 0 Å². The highest BCUT2D eigenvalue weighted by molar-refractivity contribution is 5.41. The molecule has 0 aromatic heterocycles. The Kier molecular flexibility index (Phi) is 5.40. The number of likely N-dealkylation sites (N-methyl/N-ethyl adjacent to an activating group) is 1. The molecule has 0 unspecified atom stereocenters. The minimum absolute atomic E-state index is 0.516. The van der Waals surface area contributed by atoms with Crippen LogP contribution < -0.4 is 0 Å². The van der Waals surface area contributed by atoms with Crippen molar-refractivity contribution >= 4 is 6.01 Å². The Hall–Kier alpha value is -0.660. The van der Waals surface area contributed by atoms with Crippen molar-refractivity contribution in [1.82, 2.24) is 0 Å². The van der Waals surface area contributed by atoms with Crippen LogP contribution in [-0.4, -0.2) is 49.8 Å². The molecule has 1 aliphatic carbocycles. The van der Waals surface area contributed by atoms with Crippen LogP contribution in [0.1, 0.15) is 51.4 Å². The fourth-order valence-corrected chi connectivity index (χ4v) is 3.17. The van der Waals surface area contributed by atoms with E-state index in [2.05, 4.69) is 23.0 Å². The van der Waals surface area contributed by atoms with E-state index in [0.29, 0.717) is 6.04 Å². The lowest BCUT2D eigenvalue weighted by Gasteiger charge is -2.37. The van der Waals surface area contributed by atoms with Gasteiger partial charge in [0, 0.05) is 0 Å². The van der Waals surface area contributed by atoms with Crippen LogP contribution in [-0.2, 0) is 0 Å². The van der Waals surface area contributed by atoms with E-state index >= 15 is 0 Å². The Bertz CT molecular complexity index is 293. The van der Waals surface area contributed by atoms with Crippen LogP contribution in [0.4, 0.5) is 0 Å². The molecule has 1 heterocycles. The van der Waals surface area contributed by atoms with Crippen LogP contribution in [0.2, 0.25) is 0 Å². The summed E-state index contributed by atoms with van der Waals surface area (Å²) >= 11 is 0. The van der Waals surface area contributed by atoms with Crippen LogP contribution in [0.3, 0.4) is 0 Å². The molecule has 3 heteroatoms. The molecule has 18 heavy (non-hydrogen) atoms. The van der Waals surface area contributed by atoms with E-state index < -0.39 is 0 Å². The fourth-order valence-electron chi connectivity index (χ4n) is 3.17. The summed E-state index contributed by atoms with van der Waals surface area (Å²) < 4.78 is 1.20. The summed E-state index contributed by atoms with van der Waals surface area (Å²) in [5.74, 6) is 0. The number of quaternary nitrogens is 1. The molecule has 2 rings (SSSR count). The monoisotopic (exact) mass is 250 g/mol. The molecule has 102 valence electrons. The molecule has 0 aromatic rings. The zero-order valence-corrected chi connectivity index (χ0v) is 11.9. The first-order valence-electron chi connectivity index (χ1n) is 7.73. The van der Waals surface area contributed by atoms with Gasteiger partial charge < -0.3 is 4.48 Å². The van der Waals surface area contributed by atoms with E-state index in [1.54, 1.807) is 0 Å². The Morgan fingerprint density at radius 3 is 2.39 bits per heavy atom. The summed E-state index contributed by atoms with van der Waals surface area (Å²) in [6.07, 6.45) is 10.7. The van der Waals surface area contributed by atoms with Gasteiger partial charge in [0.25, 0.3) is 0 Å². The first-order valence-corrected chi connectivity index (χ1v) is 7.73. The number of likely N-dealkylation sites (tertiary alicyclic amines) is 1. The van der Waals surface area contributed by atoms with Crippen molar-refractivity contribution in [3.8, 4) is 0 Å². The third-order valence-corrected chi connectivity index (χ3v) is 4.53. The van der Waals surface area contributed by atoms with Gasteiger partial charge in [0.05, 0.1) is 45.3 Å². The molecule has 1 saturated carbocycles. The van der Waals surface area contributed by atoms with Gasteiger partial charge in [-0.1, -0.05) is 19.3 Å². The number of aliphatic imine (C=N–C) groups is 2. The van der Waals surface area contributed by atoms with Gasteiger partial charge in [-0.25, -0.2) is 9.98 Å². The molecular weight excluding hydrogens is 222 g/mol. The molecule has 0 amide bonds. The minimum atomic E-state index is 0.516. The number of piperidine rings is 1. The van der Waals surface area contributed by atoms with E-state index in [9.17, 15) is 0 Å². The van der Waals surface area contributed by atoms with Crippen LogP contribution in [0.5, 0.6) is 0 Å². The van der Waals surface area contributed by atoms with Crippen molar-refractivity contribution in [2.75, 3.05) is 33.2 Å². The third-order valence-electron chi connectivity index (χ3n) is 4.53.